The molecular weight excluding hydrogens is 414 g/mol. The van der Waals surface area contributed by atoms with Gasteiger partial charge in [0.05, 0.1) is 17.4 Å². The van der Waals surface area contributed by atoms with Crippen molar-refractivity contribution in [1.29, 1.82) is 0 Å². The summed E-state index contributed by atoms with van der Waals surface area (Å²) in [6.07, 6.45) is -0.865. The Bertz CT molecular complexity index is 1220. The molecule has 5 rings (SSSR count). The van der Waals surface area contributed by atoms with Gasteiger partial charge >= 0.3 is 0 Å². The van der Waals surface area contributed by atoms with Crippen molar-refractivity contribution < 1.29 is 14.4 Å². The van der Waals surface area contributed by atoms with E-state index in [-0.39, 0.29) is 11.8 Å². The van der Waals surface area contributed by atoms with E-state index >= 15 is 0 Å². The molecule has 2 aliphatic heterocycles. The minimum Gasteiger partial charge on any atom is -0.378 e. The van der Waals surface area contributed by atoms with Gasteiger partial charge in [-0.3, -0.25) is 14.4 Å². The number of fused-ring (bicyclic) bond motifs is 1. The van der Waals surface area contributed by atoms with Crippen molar-refractivity contribution in [2.45, 2.75) is 26.0 Å². The van der Waals surface area contributed by atoms with Crippen molar-refractivity contribution in [1.82, 2.24) is 0 Å². The van der Waals surface area contributed by atoms with E-state index in [1.807, 2.05) is 99.6 Å². The van der Waals surface area contributed by atoms with Gasteiger partial charge < -0.3 is 4.90 Å². The molecule has 2 fully saturated rings. The monoisotopic (exact) mass is 441 g/mol. The van der Waals surface area contributed by atoms with E-state index in [2.05, 4.69) is 0 Å². The van der Waals surface area contributed by atoms with Gasteiger partial charge in [0.2, 0.25) is 5.91 Å². The summed E-state index contributed by atoms with van der Waals surface area (Å²) in [5.74, 6) is -1.18. The summed E-state index contributed by atoms with van der Waals surface area (Å²) < 4.78 is 0. The molecular formula is C27H27N3O3. The zero-order valence-electron chi connectivity index (χ0n) is 19.2. The van der Waals surface area contributed by atoms with Crippen LogP contribution in [0.2, 0.25) is 0 Å². The average Bonchev–Trinajstić information content (AvgIpc) is 3.30. The molecule has 0 N–H and O–H groups in total. The lowest BCUT2D eigenvalue weighted by Crippen LogP contribution is -2.37. The van der Waals surface area contributed by atoms with Crippen LogP contribution in [0.5, 0.6) is 0 Å². The quantitative estimate of drug-likeness (QED) is 0.561. The molecule has 3 atom stereocenters. The molecule has 3 aromatic rings. The summed E-state index contributed by atoms with van der Waals surface area (Å²) in [6, 6.07) is 23.0. The average molecular weight is 442 g/mol. The number of hydroxylamine groups is 1. The number of para-hydroxylation sites is 1. The SMILES string of the molecule is Cc1cccc(N2C(=O)C3ON(c4ccccc4C)C(c4ccc(N(C)C)cc4)C3C2=O)c1. The molecule has 0 bridgehead atoms. The second-order valence-corrected chi connectivity index (χ2v) is 8.95. The summed E-state index contributed by atoms with van der Waals surface area (Å²) >= 11 is 0. The van der Waals surface area contributed by atoms with E-state index in [4.69, 9.17) is 4.84 Å². The number of hydrogen-bond donors (Lipinski definition) is 0. The van der Waals surface area contributed by atoms with Gasteiger partial charge in [-0.1, -0.05) is 42.5 Å². The number of aryl methyl sites for hydroxylation is 2. The number of carbonyl (C=O) groups excluding carboxylic acids is 2. The van der Waals surface area contributed by atoms with E-state index in [0.717, 1.165) is 28.1 Å². The van der Waals surface area contributed by atoms with Crippen LogP contribution in [-0.2, 0) is 14.4 Å². The highest BCUT2D eigenvalue weighted by molar-refractivity contribution is 6.24. The number of benzene rings is 3. The molecule has 6 nitrogen and oxygen atoms in total. The molecule has 0 aromatic heterocycles. The van der Waals surface area contributed by atoms with Crippen LogP contribution >= 0.6 is 0 Å². The van der Waals surface area contributed by atoms with Crippen LogP contribution in [0.1, 0.15) is 22.7 Å². The first-order valence-corrected chi connectivity index (χ1v) is 11.1. The lowest BCUT2D eigenvalue weighted by atomic mass is 9.90. The fourth-order valence-corrected chi connectivity index (χ4v) is 4.76. The maximum atomic E-state index is 13.7. The summed E-state index contributed by atoms with van der Waals surface area (Å²) in [4.78, 5) is 36.7. The second kappa shape index (κ2) is 8.05. The van der Waals surface area contributed by atoms with E-state index in [1.54, 1.807) is 11.1 Å². The van der Waals surface area contributed by atoms with Crippen molar-refractivity contribution >= 4 is 28.9 Å². The van der Waals surface area contributed by atoms with E-state index in [0.29, 0.717) is 5.69 Å². The van der Waals surface area contributed by atoms with Crippen molar-refractivity contribution in [2.75, 3.05) is 29.0 Å². The molecule has 168 valence electrons. The first kappa shape index (κ1) is 21.2. The highest BCUT2D eigenvalue weighted by Crippen LogP contribution is 2.48. The van der Waals surface area contributed by atoms with Crippen molar-refractivity contribution in [2.24, 2.45) is 5.92 Å². The third-order valence-electron chi connectivity index (χ3n) is 6.48. The molecule has 2 amide bonds. The van der Waals surface area contributed by atoms with Crippen LogP contribution in [0.4, 0.5) is 17.1 Å². The Hall–Kier alpha value is -3.64. The molecule has 2 heterocycles. The summed E-state index contributed by atoms with van der Waals surface area (Å²) in [7, 11) is 3.98. The number of nitrogens with zero attached hydrogens (tertiary/aromatic N) is 3. The van der Waals surface area contributed by atoms with E-state index in [1.165, 1.54) is 4.90 Å². The molecule has 6 heteroatoms. The highest BCUT2D eigenvalue weighted by atomic mass is 16.7. The number of carbonyl (C=O) groups is 2. The first-order valence-electron chi connectivity index (χ1n) is 11.1. The Morgan fingerprint density at radius 3 is 2.24 bits per heavy atom. The van der Waals surface area contributed by atoms with Gasteiger partial charge in [-0.15, -0.1) is 0 Å². The topological polar surface area (TPSA) is 53.1 Å². The minimum atomic E-state index is -0.865. The molecule has 3 unspecified atom stereocenters. The number of amides is 2. The molecule has 0 radical (unpaired) electrons. The second-order valence-electron chi connectivity index (χ2n) is 8.95. The maximum Gasteiger partial charge on any atom is 0.266 e. The molecule has 0 spiro atoms. The number of anilines is 3. The Morgan fingerprint density at radius 1 is 0.848 bits per heavy atom. The fourth-order valence-electron chi connectivity index (χ4n) is 4.76. The van der Waals surface area contributed by atoms with Gasteiger partial charge in [0, 0.05) is 19.8 Å². The van der Waals surface area contributed by atoms with Crippen LogP contribution in [0, 0.1) is 19.8 Å². The van der Waals surface area contributed by atoms with Crippen LogP contribution in [0.25, 0.3) is 0 Å². The third kappa shape index (κ3) is 3.47. The van der Waals surface area contributed by atoms with Crippen molar-refractivity contribution in [3.63, 3.8) is 0 Å². The number of rotatable bonds is 4. The number of hydrogen-bond acceptors (Lipinski definition) is 5. The van der Waals surface area contributed by atoms with Crippen LogP contribution < -0.4 is 14.9 Å². The summed E-state index contributed by atoms with van der Waals surface area (Å²) in [6.45, 7) is 3.95. The Balaban J connectivity index is 1.59. The maximum absolute atomic E-state index is 13.7. The summed E-state index contributed by atoms with van der Waals surface area (Å²) in [5, 5.41) is 1.76. The zero-order valence-corrected chi connectivity index (χ0v) is 19.2. The highest BCUT2D eigenvalue weighted by Gasteiger charge is 2.60. The minimum absolute atomic E-state index is 0.228. The number of imide groups is 1. The van der Waals surface area contributed by atoms with Gasteiger partial charge in [-0.2, -0.15) is 0 Å². The largest absolute Gasteiger partial charge is 0.378 e. The molecule has 0 saturated carbocycles. The van der Waals surface area contributed by atoms with Crippen LogP contribution in [0.3, 0.4) is 0 Å². The Morgan fingerprint density at radius 2 is 1.58 bits per heavy atom. The molecule has 0 aliphatic carbocycles. The fraction of sp³-hybridized carbons (Fsp3) is 0.259. The first-order chi connectivity index (χ1) is 15.9. The van der Waals surface area contributed by atoms with Crippen LogP contribution in [0.15, 0.2) is 72.8 Å². The van der Waals surface area contributed by atoms with E-state index < -0.39 is 18.1 Å². The van der Waals surface area contributed by atoms with Crippen molar-refractivity contribution in [3.8, 4) is 0 Å². The van der Waals surface area contributed by atoms with E-state index in [9.17, 15) is 9.59 Å². The normalized spacial score (nSPS) is 22.1. The smallest absolute Gasteiger partial charge is 0.266 e. The van der Waals surface area contributed by atoms with Crippen LogP contribution in [-0.4, -0.2) is 32.0 Å². The Kier molecular flexibility index (Phi) is 5.17. The molecule has 2 saturated heterocycles. The standard InChI is InChI=1S/C27H27N3O3/c1-17-8-7-10-21(16-17)29-26(31)23-24(19-12-14-20(15-13-19)28(3)4)30(33-25(23)27(29)32)22-11-6-5-9-18(22)2/h5-16,23-25H,1-4H3. The predicted octanol–water partition coefficient (Wildman–Crippen LogP) is 4.42. The van der Waals surface area contributed by atoms with Crippen molar-refractivity contribution in [3.05, 3.63) is 89.5 Å². The van der Waals surface area contributed by atoms with Gasteiger partial charge in [0.1, 0.15) is 5.92 Å². The lowest BCUT2D eigenvalue weighted by Gasteiger charge is -2.30. The van der Waals surface area contributed by atoms with Gasteiger partial charge in [0.25, 0.3) is 5.91 Å². The van der Waals surface area contributed by atoms with Gasteiger partial charge in [0.15, 0.2) is 6.10 Å². The molecule has 33 heavy (non-hydrogen) atoms. The molecule has 2 aliphatic rings. The van der Waals surface area contributed by atoms with Gasteiger partial charge in [-0.05, 0) is 60.9 Å². The predicted molar refractivity (Wildman–Crippen MR) is 129 cm³/mol. The molecule has 3 aromatic carbocycles. The zero-order chi connectivity index (χ0) is 23.3. The van der Waals surface area contributed by atoms with Gasteiger partial charge in [-0.25, -0.2) is 9.96 Å². The lowest BCUT2D eigenvalue weighted by molar-refractivity contribution is -0.126. The Labute approximate surface area is 193 Å². The third-order valence-corrected chi connectivity index (χ3v) is 6.48. The summed E-state index contributed by atoms with van der Waals surface area (Å²) in [5.41, 5.74) is 5.45.